The van der Waals surface area contributed by atoms with Gasteiger partial charge in [0.1, 0.15) is 0 Å². The molecule has 17 heavy (non-hydrogen) atoms. The molecule has 1 aliphatic carbocycles. The van der Waals surface area contributed by atoms with Crippen LogP contribution < -0.4 is 0 Å². The van der Waals surface area contributed by atoms with Gasteiger partial charge in [0, 0.05) is 13.5 Å². The van der Waals surface area contributed by atoms with Gasteiger partial charge in [0.2, 0.25) is 5.91 Å². The predicted molar refractivity (Wildman–Crippen MR) is 72.4 cm³/mol. The Labute approximate surface area is 105 Å². The van der Waals surface area contributed by atoms with Crippen molar-refractivity contribution in [2.45, 2.75) is 33.6 Å². The van der Waals surface area contributed by atoms with Crippen LogP contribution in [0.3, 0.4) is 0 Å². The summed E-state index contributed by atoms with van der Waals surface area (Å²) in [7, 11) is 0. The van der Waals surface area contributed by atoms with Crippen LogP contribution in [0.2, 0.25) is 0 Å². The first-order chi connectivity index (χ1) is 8.04. The lowest BCUT2D eigenvalue weighted by Crippen LogP contribution is -2.22. The maximum atomic E-state index is 11.2. The number of hydrogen-bond acceptors (Lipinski definition) is 1. The summed E-state index contributed by atoms with van der Waals surface area (Å²) in [5, 5.41) is 0. The zero-order valence-electron chi connectivity index (χ0n) is 11.1. The smallest absolute Gasteiger partial charge is 0.223 e. The highest BCUT2D eigenvalue weighted by atomic mass is 16.2. The Bertz CT molecular complexity index is 341. The molecule has 0 aromatic rings. The molecule has 2 nitrogen and oxygen atoms in total. The lowest BCUT2D eigenvalue weighted by molar-refractivity contribution is -0.125. The molecule has 0 N–H and O–H groups in total. The van der Waals surface area contributed by atoms with Gasteiger partial charge in [0.25, 0.3) is 0 Å². The van der Waals surface area contributed by atoms with Gasteiger partial charge in [-0.15, -0.1) is 0 Å². The monoisotopic (exact) mass is 233 g/mol. The van der Waals surface area contributed by atoms with Gasteiger partial charge in [-0.25, -0.2) is 0 Å². The maximum absolute atomic E-state index is 11.2. The molecule has 0 heterocycles. The molecule has 2 unspecified atom stereocenters. The van der Waals surface area contributed by atoms with E-state index in [4.69, 9.17) is 0 Å². The van der Waals surface area contributed by atoms with Crippen LogP contribution in [-0.4, -0.2) is 17.4 Å². The fraction of sp³-hybridized carbons (Fsp3) is 0.533. The molecule has 0 aromatic carbocycles. The summed E-state index contributed by atoms with van der Waals surface area (Å²) < 4.78 is 0. The van der Waals surface area contributed by atoms with E-state index in [-0.39, 0.29) is 5.91 Å². The van der Waals surface area contributed by atoms with Crippen LogP contribution in [0.4, 0.5) is 0 Å². The number of carbonyl (C=O) groups is 1. The van der Waals surface area contributed by atoms with Crippen molar-refractivity contribution in [2.75, 3.05) is 6.54 Å². The average Bonchev–Trinajstić information content (AvgIpc) is 2.26. The van der Waals surface area contributed by atoms with Crippen molar-refractivity contribution in [1.82, 2.24) is 4.90 Å². The predicted octanol–water partition coefficient (Wildman–Crippen LogP) is 3.53. The zero-order chi connectivity index (χ0) is 12.8. The van der Waals surface area contributed by atoms with Crippen LogP contribution >= 0.6 is 0 Å². The first-order valence-corrected chi connectivity index (χ1v) is 6.26. The lowest BCUT2D eigenvalue weighted by atomic mass is 9.81. The van der Waals surface area contributed by atoms with E-state index in [1.54, 1.807) is 18.0 Å². The van der Waals surface area contributed by atoms with E-state index in [1.165, 1.54) is 12.0 Å². The number of allylic oxidation sites excluding steroid dienone is 3. The van der Waals surface area contributed by atoms with Crippen LogP contribution in [0.25, 0.3) is 0 Å². The van der Waals surface area contributed by atoms with Crippen LogP contribution in [0.1, 0.15) is 33.6 Å². The summed E-state index contributed by atoms with van der Waals surface area (Å²) in [6, 6.07) is 0. The minimum Gasteiger partial charge on any atom is -0.316 e. The number of carbonyl (C=O) groups excluding carboxylic acids is 1. The van der Waals surface area contributed by atoms with Crippen molar-refractivity contribution in [3.8, 4) is 0 Å². The Morgan fingerprint density at radius 3 is 2.88 bits per heavy atom. The molecule has 0 saturated heterocycles. The molecule has 94 valence electrons. The minimum atomic E-state index is 0.0390. The number of rotatable bonds is 4. The van der Waals surface area contributed by atoms with E-state index in [9.17, 15) is 4.79 Å². The maximum Gasteiger partial charge on any atom is 0.223 e. The molecule has 0 saturated carbocycles. The molecule has 1 rings (SSSR count). The Morgan fingerprint density at radius 2 is 2.35 bits per heavy atom. The van der Waals surface area contributed by atoms with Gasteiger partial charge in [-0.2, -0.15) is 0 Å². The van der Waals surface area contributed by atoms with Gasteiger partial charge in [-0.05, 0) is 37.8 Å². The summed E-state index contributed by atoms with van der Waals surface area (Å²) in [6.45, 7) is 10.3. The van der Waals surface area contributed by atoms with Crippen LogP contribution in [0.15, 0.2) is 36.6 Å². The van der Waals surface area contributed by atoms with Gasteiger partial charge in [-0.3, -0.25) is 4.79 Å². The normalized spacial score (nSPS) is 24.5. The Kier molecular flexibility index (Phi) is 5.20. The van der Waals surface area contributed by atoms with Gasteiger partial charge in [-0.1, -0.05) is 37.3 Å². The molecule has 1 amide bonds. The van der Waals surface area contributed by atoms with Crippen LogP contribution in [-0.2, 0) is 4.79 Å². The molecule has 0 aliphatic heterocycles. The quantitative estimate of drug-likeness (QED) is 0.680. The second-order valence-electron chi connectivity index (χ2n) is 4.91. The fourth-order valence-corrected chi connectivity index (χ4v) is 2.26. The summed E-state index contributed by atoms with van der Waals surface area (Å²) in [6.07, 6.45) is 10.5. The second-order valence-corrected chi connectivity index (χ2v) is 4.91. The van der Waals surface area contributed by atoms with Crippen molar-refractivity contribution in [3.05, 3.63) is 36.6 Å². The third-order valence-electron chi connectivity index (χ3n) is 3.42. The molecular weight excluding hydrogens is 210 g/mol. The molecule has 1 aliphatic rings. The lowest BCUT2D eigenvalue weighted by Gasteiger charge is -2.25. The van der Waals surface area contributed by atoms with Gasteiger partial charge in [0.15, 0.2) is 0 Å². The second kappa shape index (κ2) is 6.43. The van der Waals surface area contributed by atoms with E-state index >= 15 is 0 Å². The van der Waals surface area contributed by atoms with Crippen molar-refractivity contribution in [3.63, 3.8) is 0 Å². The van der Waals surface area contributed by atoms with E-state index in [1.807, 2.05) is 0 Å². The van der Waals surface area contributed by atoms with Gasteiger partial charge >= 0.3 is 0 Å². The first-order valence-electron chi connectivity index (χ1n) is 6.26. The molecular formula is C15H23NO. The Hall–Kier alpha value is -1.31. The number of amides is 1. The van der Waals surface area contributed by atoms with Crippen molar-refractivity contribution < 1.29 is 4.79 Å². The Morgan fingerprint density at radius 1 is 1.65 bits per heavy atom. The highest BCUT2D eigenvalue weighted by molar-refractivity contribution is 5.74. The van der Waals surface area contributed by atoms with E-state index in [0.29, 0.717) is 18.4 Å². The standard InChI is InChI=1S/C15H23NO/c1-5-16(14(4)17)10-6-7-15-9-8-12(2)11-13(15)3/h5-8,13,15H,1,9-11H2,2-4H3/b7-6-. The van der Waals surface area contributed by atoms with E-state index in [0.717, 1.165) is 6.42 Å². The molecule has 0 spiro atoms. The summed E-state index contributed by atoms with van der Waals surface area (Å²) in [5.74, 6) is 1.35. The molecule has 0 bridgehead atoms. The van der Waals surface area contributed by atoms with E-state index < -0.39 is 0 Å². The molecule has 2 heteroatoms. The topological polar surface area (TPSA) is 20.3 Å². The minimum absolute atomic E-state index is 0.0390. The van der Waals surface area contributed by atoms with E-state index in [2.05, 4.69) is 38.7 Å². The van der Waals surface area contributed by atoms with Crippen molar-refractivity contribution >= 4 is 5.91 Å². The summed E-state index contributed by atoms with van der Waals surface area (Å²) in [5.41, 5.74) is 1.50. The third kappa shape index (κ3) is 4.22. The first kappa shape index (κ1) is 13.8. The van der Waals surface area contributed by atoms with Crippen molar-refractivity contribution in [1.29, 1.82) is 0 Å². The van der Waals surface area contributed by atoms with Gasteiger partial charge < -0.3 is 4.90 Å². The molecule has 2 atom stereocenters. The van der Waals surface area contributed by atoms with Gasteiger partial charge in [0.05, 0.1) is 0 Å². The summed E-state index contributed by atoms with van der Waals surface area (Å²) >= 11 is 0. The highest BCUT2D eigenvalue weighted by Crippen LogP contribution is 2.29. The summed E-state index contributed by atoms with van der Waals surface area (Å²) in [4.78, 5) is 12.8. The molecule has 0 aromatic heterocycles. The average molecular weight is 233 g/mol. The molecule has 0 radical (unpaired) electrons. The molecule has 0 fully saturated rings. The number of hydrogen-bond donors (Lipinski definition) is 0. The fourth-order valence-electron chi connectivity index (χ4n) is 2.26. The number of nitrogens with zero attached hydrogens (tertiary/aromatic N) is 1. The van der Waals surface area contributed by atoms with Crippen LogP contribution in [0, 0.1) is 11.8 Å². The zero-order valence-corrected chi connectivity index (χ0v) is 11.1. The highest BCUT2D eigenvalue weighted by Gasteiger charge is 2.17. The third-order valence-corrected chi connectivity index (χ3v) is 3.42. The Balaban J connectivity index is 2.49. The largest absolute Gasteiger partial charge is 0.316 e. The SMILES string of the molecule is C=CN(C/C=C\C1CC=C(C)CC1C)C(C)=O. The van der Waals surface area contributed by atoms with Crippen molar-refractivity contribution in [2.24, 2.45) is 11.8 Å². The van der Waals surface area contributed by atoms with Crippen LogP contribution in [0.5, 0.6) is 0 Å².